The first-order valence-corrected chi connectivity index (χ1v) is 6.49. The smallest absolute Gasteiger partial charge is 0.338 e. The van der Waals surface area contributed by atoms with Gasteiger partial charge in [-0.1, -0.05) is 32.4 Å². The molecule has 0 spiro atoms. The molecule has 0 aromatic carbocycles. The number of carbonyl (C=O) groups excluding carboxylic acids is 1. The Morgan fingerprint density at radius 1 is 1.44 bits per heavy atom. The SMILES string of the molecule is CC(C)(C)C(=O)Nc1c(C(=O)O)cc(I)nc1Cl. The summed E-state index contributed by atoms with van der Waals surface area (Å²) in [4.78, 5) is 26.9. The monoisotopic (exact) mass is 382 g/mol. The van der Waals surface area contributed by atoms with Crippen LogP contribution in [0.5, 0.6) is 0 Å². The second-order valence-electron chi connectivity index (χ2n) is 4.67. The molecule has 0 bridgehead atoms. The van der Waals surface area contributed by atoms with Crippen LogP contribution in [0.2, 0.25) is 5.15 Å². The number of hydrogen-bond acceptors (Lipinski definition) is 3. The Kier molecular flexibility index (Phi) is 4.55. The molecule has 0 atom stereocenters. The standard InChI is InChI=1S/C11H12ClIN2O3/c1-11(2,3)10(18)15-7-5(9(16)17)4-6(13)14-8(7)12/h4H,1-3H3,(H,15,18)(H,16,17). The number of halogens is 2. The van der Waals surface area contributed by atoms with Gasteiger partial charge >= 0.3 is 5.97 Å². The molecule has 98 valence electrons. The minimum atomic E-state index is -1.17. The van der Waals surface area contributed by atoms with Gasteiger partial charge in [0.05, 0.1) is 11.3 Å². The quantitative estimate of drug-likeness (QED) is 0.609. The van der Waals surface area contributed by atoms with E-state index in [4.69, 9.17) is 16.7 Å². The molecule has 1 heterocycles. The molecule has 0 saturated heterocycles. The molecule has 2 N–H and O–H groups in total. The Hall–Kier alpha value is -0.890. The number of nitrogens with one attached hydrogen (secondary N) is 1. The second kappa shape index (κ2) is 5.40. The molecule has 0 unspecified atom stereocenters. The molecule has 0 aliphatic heterocycles. The topological polar surface area (TPSA) is 79.3 Å². The first-order chi connectivity index (χ1) is 8.12. The number of aromatic nitrogens is 1. The van der Waals surface area contributed by atoms with E-state index in [1.165, 1.54) is 6.07 Å². The van der Waals surface area contributed by atoms with Gasteiger partial charge < -0.3 is 10.4 Å². The van der Waals surface area contributed by atoms with E-state index in [-0.39, 0.29) is 22.3 Å². The maximum absolute atomic E-state index is 11.9. The zero-order valence-electron chi connectivity index (χ0n) is 10.0. The van der Waals surface area contributed by atoms with Crippen molar-refractivity contribution >= 4 is 51.8 Å². The fraction of sp³-hybridized carbons (Fsp3) is 0.364. The van der Waals surface area contributed by atoms with Gasteiger partial charge in [-0.05, 0) is 28.7 Å². The number of hydrogen-bond donors (Lipinski definition) is 2. The molecule has 0 aliphatic rings. The number of anilines is 1. The molecule has 1 aromatic heterocycles. The van der Waals surface area contributed by atoms with E-state index < -0.39 is 11.4 Å². The number of nitrogens with zero attached hydrogens (tertiary/aromatic N) is 1. The van der Waals surface area contributed by atoms with E-state index in [2.05, 4.69) is 10.3 Å². The molecule has 18 heavy (non-hydrogen) atoms. The number of carboxylic acids is 1. The van der Waals surface area contributed by atoms with Crippen LogP contribution in [0.25, 0.3) is 0 Å². The van der Waals surface area contributed by atoms with Crippen LogP contribution in [0, 0.1) is 9.12 Å². The summed E-state index contributed by atoms with van der Waals surface area (Å²) < 4.78 is 0.448. The Morgan fingerprint density at radius 3 is 2.44 bits per heavy atom. The fourth-order valence-electron chi connectivity index (χ4n) is 1.07. The number of pyridine rings is 1. The number of aromatic carboxylic acids is 1. The highest BCUT2D eigenvalue weighted by Crippen LogP contribution is 2.28. The van der Waals surface area contributed by atoms with Gasteiger partial charge in [0.2, 0.25) is 5.91 Å². The van der Waals surface area contributed by atoms with Crippen molar-refractivity contribution in [2.75, 3.05) is 5.32 Å². The molecule has 0 fully saturated rings. The molecular formula is C11H12ClIN2O3. The zero-order chi connectivity index (χ0) is 14.1. The lowest BCUT2D eigenvalue weighted by atomic mass is 9.95. The third kappa shape index (κ3) is 3.55. The maximum atomic E-state index is 11.9. The van der Waals surface area contributed by atoms with Crippen molar-refractivity contribution in [3.63, 3.8) is 0 Å². The summed E-state index contributed by atoms with van der Waals surface area (Å²) in [6.07, 6.45) is 0. The summed E-state index contributed by atoms with van der Waals surface area (Å²) in [6.45, 7) is 5.16. The van der Waals surface area contributed by atoms with Gasteiger partial charge in [-0.3, -0.25) is 4.79 Å². The van der Waals surface area contributed by atoms with Crippen molar-refractivity contribution in [2.45, 2.75) is 20.8 Å². The summed E-state index contributed by atoms with van der Waals surface area (Å²) in [5, 5.41) is 11.6. The number of rotatable bonds is 2. The van der Waals surface area contributed by atoms with E-state index in [0.717, 1.165) is 0 Å². The fourth-order valence-corrected chi connectivity index (χ4v) is 2.01. The summed E-state index contributed by atoms with van der Waals surface area (Å²) in [5.41, 5.74) is -0.691. The van der Waals surface area contributed by atoms with Crippen molar-refractivity contribution in [1.29, 1.82) is 0 Å². The van der Waals surface area contributed by atoms with Crippen LogP contribution >= 0.6 is 34.2 Å². The largest absolute Gasteiger partial charge is 0.478 e. The van der Waals surface area contributed by atoms with Gasteiger partial charge in [-0.15, -0.1) is 0 Å². The van der Waals surface area contributed by atoms with E-state index in [1.807, 2.05) is 22.6 Å². The van der Waals surface area contributed by atoms with Crippen LogP contribution in [0.15, 0.2) is 6.07 Å². The van der Waals surface area contributed by atoms with E-state index in [1.54, 1.807) is 20.8 Å². The van der Waals surface area contributed by atoms with Crippen LogP contribution in [-0.4, -0.2) is 22.0 Å². The van der Waals surface area contributed by atoms with Gasteiger partial charge in [-0.2, -0.15) is 0 Å². The van der Waals surface area contributed by atoms with Crippen molar-refractivity contribution < 1.29 is 14.7 Å². The molecule has 1 amide bonds. The molecule has 1 rings (SSSR count). The highest BCUT2D eigenvalue weighted by atomic mass is 127. The lowest BCUT2D eigenvalue weighted by molar-refractivity contribution is -0.123. The average Bonchev–Trinajstić information content (AvgIpc) is 2.19. The highest BCUT2D eigenvalue weighted by Gasteiger charge is 2.25. The average molecular weight is 383 g/mol. The van der Waals surface area contributed by atoms with Gasteiger partial charge in [0.1, 0.15) is 3.70 Å². The van der Waals surface area contributed by atoms with Crippen molar-refractivity contribution in [3.05, 3.63) is 20.5 Å². The third-order valence-electron chi connectivity index (χ3n) is 2.09. The van der Waals surface area contributed by atoms with Crippen molar-refractivity contribution in [3.8, 4) is 0 Å². The molecule has 5 nitrogen and oxygen atoms in total. The van der Waals surface area contributed by atoms with Crippen LogP contribution in [-0.2, 0) is 4.79 Å². The van der Waals surface area contributed by atoms with E-state index >= 15 is 0 Å². The zero-order valence-corrected chi connectivity index (χ0v) is 13.0. The van der Waals surface area contributed by atoms with Crippen LogP contribution < -0.4 is 5.32 Å². The van der Waals surface area contributed by atoms with Crippen LogP contribution in [0.3, 0.4) is 0 Å². The highest BCUT2D eigenvalue weighted by molar-refractivity contribution is 14.1. The van der Waals surface area contributed by atoms with Crippen LogP contribution in [0.1, 0.15) is 31.1 Å². The molecule has 0 radical (unpaired) electrons. The van der Waals surface area contributed by atoms with Crippen molar-refractivity contribution in [2.24, 2.45) is 5.41 Å². The minimum absolute atomic E-state index is 0.0306. The first kappa shape index (κ1) is 15.2. The maximum Gasteiger partial charge on any atom is 0.338 e. The minimum Gasteiger partial charge on any atom is -0.478 e. The number of amides is 1. The predicted octanol–water partition coefficient (Wildman–Crippen LogP) is 3.02. The molecular weight excluding hydrogens is 370 g/mol. The molecule has 1 aromatic rings. The second-order valence-corrected chi connectivity index (χ2v) is 6.13. The first-order valence-electron chi connectivity index (χ1n) is 5.03. The Balaban J connectivity index is 3.24. The van der Waals surface area contributed by atoms with E-state index in [0.29, 0.717) is 3.70 Å². The summed E-state index contributed by atoms with van der Waals surface area (Å²) >= 11 is 7.74. The Labute approximate surface area is 123 Å². The normalized spacial score (nSPS) is 11.2. The number of carbonyl (C=O) groups is 2. The predicted molar refractivity (Wildman–Crippen MR) is 77.0 cm³/mol. The van der Waals surface area contributed by atoms with Gasteiger partial charge in [0.15, 0.2) is 5.15 Å². The van der Waals surface area contributed by atoms with E-state index in [9.17, 15) is 9.59 Å². The summed E-state index contributed by atoms with van der Waals surface area (Å²) in [7, 11) is 0. The molecule has 0 aliphatic carbocycles. The van der Waals surface area contributed by atoms with Crippen molar-refractivity contribution in [1.82, 2.24) is 4.98 Å². The third-order valence-corrected chi connectivity index (χ3v) is 2.92. The lowest BCUT2D eigenvalue weighted by Gasteiger charge is -2.19. The Bertz CT molecular complexity index is 512. The van der Waals surface area contributed by atoms with Gasteiger partial charge in [0, 0.05) is 5.41 Å². The van der Waals surface area contributed by atoms with Crippen LogP contribution in [0.4, 0.5) is 5.69 Å². The lowest BCUT2D eigenvalue weighted by Crippen LogP contribution is -2.28. The van der Waals surface area contributed by atoms with Gasteiger partial charge in [-0.25, -0.2) is 9.78 Å². The summed E-state index contributed by atoms with van der Waals surface area (Å²) in [6, 6.07) is 1.35. The molecule has 7 heteroatoms. The summed E-state index contributed by atoms with van der Waals surface area (Å²) in [5.74, 6) is -1.49. The number of carboxylic acid groups (broad SMARTS) is 1. The van der Waals surface area contributed by atoms with Gasteiger partial charge in [0.25, 0.3) is 0 Å². The Morgan fingerprint density at radius 2 is 2.00 bits per heavy atom. The molecule has 0 saturated carbocycles.